The van der Waals surface area contributed by atoms with Crippen LogP contribution in [-0.4, -0.2) is 0 Å². The highest BCUT2D eigenvalue weighted by Gasteiger charge is 2.10. The highest BCUT2D eigenvalue weighted by Crippen LogP contribution is 2.27. The van der Waals surface area contributed by atoms with E-state index in [2.05, 4.69) is 28.1 Å². The number of hydrogen-bond donors (Lipinski definition) is 0. The Bertz CT molecular complexity index is 624. The van der Waals surface area contributed by atoms with Crippen LogP contribution in [0.2, 0.25) is 0 Å². The lowest BCUT2D eigenvalue weighted by Crippen LogP contribution is -2.03. The normalized spacial score (nSPS) is 13.9. The minimum absolute atomic E-state index is 0.253. The summed E-state index contributed by atoms with van der Waals surface area (Å²) in [4.78, 5) is 0. The van der Waals surface area contributed by atoms with E-state index in [1.54, 1.807) is 6.07 Å². The fraction of sp³-hybridized carbons (Fsp3) is 0.294. The molecule has 2 aromatic rings. The van der Waals surface area contributed by atoms with Gasteiger partial charge in [-0.2, -0.15) is 0 Å². The van der Waals surface area contributed by atoms with Crippen LogP contribution >= 0.6 is 15.9 Å². The summed E-state index contributed by atoms with van der Waals surface area (Å²) in [5.41, 5.74) is 3.66. The number of aryl methyl sites for hydroxylation is 2. The lowest BCUT2D eigenvalue weighted by atomic mass is 9.92. The molecule has 3 rings (SSSR count). The highest BCUT2D eigenvalue weighted by molar-refractivity contribution is 9.10. The lowest BCUT2D eigenvalue weighted by Gasteiger charge is -2.17. The maximum absolute atomic E-state index is 13.4. The van der Waals surface area contributed by atoms with Crippen LogP contribution in [0.15, 0.2) is 40.9 Å². The van der Waals surface area contributed by atoms with Crippen molar-refractivity contribution in [3.63, 3.8) is 0 Å². The smallest absolute Gasteiger partial charge is 0.137 e. The molecular weight excluding hydrogens is 319 g/mol. The first-order valence-corrected chi connectivity index (χ1v) is 7.71. The lowest BCUT2D eigenvalue weighted by molar-refractivity contribution is 0.304. The maximum atomic E-state index is 13.4. The second kappa shape index (κ2) is 5.96. The molecule has 0 saturated heterocycles. The molecule has 0 fully saturated rings. The molecule has 0 aromatic heterocycles. The predicted octanol–water partition coefficient (Wildman–Crippen LogP) is 5.05. The monoisotopic (exact) mass is 334 g/mol. The quantitative estimate of drug-likeness (QED) is 0.763. The molecule has 20 heavy (non-hydrogen) atoms. The molecule has 0 unspecified atom stereocenters. The third kappa shape index (κ3) is 2.88. The van der Waals surface area contributed by atoms with Crippen molar-refractivity contribution in [2.75, 3.05) is 0 Å². The zero-order valence-corrected chi connectivity index (χ0v) is 12.7. The molecule has 104 valence electrons. The summed E-state index contributed by atoms with van der Waals surface area (Å²) in [5.74, 6) is 0.610. The number of fused-ring (bicyclic) bond motifs is 1. The van der Waals surface area contributed by atoms with Crippen LogP contribution in [0.1, 0.15) is 29.5 Å². The van der Waals surface area contributed by atoms with Crippen molar-refractivity contribution in [3.8, 4) is 5.75 Å². The summed E-state index contributed by atoms with van der Waals surface area (Å²) in [7, 11) is 0. The second-order valence-electron chi connectivity index (χ2n) is 5.14. The summed E-state index contributed by atoms with van der Waals surface area (Å²) >= 11 is 3.26. The van der Waals surface area contributed by atoms with E-state index in [4.69, 9.17) is 4.74 Å². The van der Waals surface area contributed by atoms with Crippen molar-refractivity contribution >= 4 is 15.9 Å². The molecule has 0 N–H and O–H groups in total. The van der Waals surface area contributed by atoms with Crippen molar-refractivity contribution in [1.29, 1.82) is 0 Å². The van der Waals surface area contributed by atoms with Gasteiger partial charge < -0.3 is 4.74 Å². The number of halogens is 2. The molecule has 0 bridgehead atoms. The van der Waals surface area contributed by atoms with Gasteiger partial charge in [0.1, 0.15) is 18.2 Å². The first kappa shape index (κ1) is 13.6. The van der Waals surface area contributed by atoms with Crippen molar-refractivity contribution < 1.29 is 9.13 Å². The Balaban J connectivity index is 1.73. The molecule has 1 aliphatic carbocycles. The number of rotatable bonds is 3. The minimum atomic E-state index is -0.253. The van der Waals surface area contributed by atoms with Crippen LogP contribution < -0.4 is 4.74 Å². The summed E-state index contributed by atoms with van der Waals surface area (Å²) in [6.45, 7) is 0.372. The van der Waals surface area contributed by atoms with Crippen LogP contribution in [0.25, 0.3) is 0 Å². The van der Waals surface area contributed by atoms with Crippen molar-refractivity contribution in [2.24, 2.45) is 0 Å². The van der Waals surface area contributed by atoms with Gasteiger partial charge in [-0.1, -0.05) is 18.2 Å². The Morgan fingerprint density at radius 3 is 2.70 bits per heavy atom. The van der Waals surface area contributed by atoms with Crippen LogP contribution in [0.5, 0.6) is 5.75 Å². The fourth-order valence-electron chi connectivity index (χ4n) is 2.62. The van der Waals surface area contributed by atoms with Crippen LogP contribution in [0, 0.1) is 5.82 Å². The van der Waals surface area contributed by atoms with Crippen molar-refractivity contribution in [2.45, 2.75) is 32.3 Å². The van der Waals surface area contributed by atoms with Crippen LogP contribution in [-0.2, 0) is 19.4 Å². The Morgan fingerprint density at radius 1 is 1.05 bits per heavy atom. The van der Waals surface area contributed by atoms with E-state index in [0.29, 0.717) is 11.1 Å². The topological polar surface area (TPSA) is 9.23 Å². The van der Waals surface area contributed by atoms with E-state index >= 15 is 0 Å². The van der Waals surface area contributed by atoms with Gasteiger partial charge in [0.05, 0.1) is 4.47 Å². The molecule has 0 saturated carbocycles. The van der Waals surface area contributed by atoms with Gasteiger partial charge in [0, 0.05) is 5.56 Å². The van der Waals surface area contributed by atoms with Crippen molar-refractivity contribution in [1.82, 2.24) is 0 Å². The maximum Gasteiger partial charge on any atom is 0.137 e. The van der Waals surface area contributed by atoms with Gasteiger partial charge in [-0.3, -0.25) is 0 Å². The Hall–Kier alpha value is -1.35. The van der Waals surface area contributed by atoms with Crippen LogP contribution in [0.4, 0.5) is 4.39 Å². The van der Waals surface area contributed by atoms with E-state index in [0.717, 1.165) is 17.7 Å². The molecule has 0 radical (unpaired) electrons. The van der Waals surface area contributed by atoms with Gasteiger partial charge in [0.2, 0.25) is 0 Å². The zero-order valence-electron chi connectivity index (χ0n) is 11.2. The number of hydrogen-bond acceptors (Lipinski definition) is 1. The first-order chi connectivity index (χ1) is 9.74. The van der Waals surface area contributed by atoms with Gasteiger partial charge in [-0.25, -0.2) is 4.39 Å². The second-order valence-corrected chi connectivity index (χ2v) is 5.93. The number of ether oxygens (including phenoxy) is 1. The summed E-state index contributed by atoms with van der Waals surface area (Å²) in [5, 5.41) is 0. The molecule has 2 aromatic carbocycles. The van der Waals surface area contributed by atoms with E-state index in [1.165, 1.54) is 36.5 Å². The molecule has 0 atom stereocenters. The first-order valence-electron chi connectivity index (χ1n) is 6.91. The van der Waals surface area contributed by atoms with Gasteiger partial charge in [-0.15, -0.1) is 0 Å². The third-order valence-corrected chi connectivity index (χ3v) is 4.63. The van der Waals surface area contributed by atoms with Gasteiger partial charge in [0.25, 0.3) is 0 Å². The van der Waals surface area contributed by atoms with E-state index in [-0.39, 0.29) is 5.82 Å². The van der Waals surface area contributed by atoms with E-state index in [1.807, 2.05) is 12.1 Å². The molecular formula is C17H16BrFO. The standard InChI is InChI=1S/C17H16BrFO/c18-17-14(6-3-7-16(17)19)11-20-15-9-8-12-4-1-2-5-13(12)10-15/h3,6-10H,1-2,4-5,11H2. The van der Waals surface area contributed by atoms with Crippen LogP contribution in [0.3, 0.4) is 0 Å². The average Bonchev–Trinajstić information content (AvgIpc) is 2.48. The summed E-state index contributed by atoms with van der Waals surface area (Å²) in [6.07, 6.45) is 4.84. The predicted molar refractivity (Wildman–Crippen MR) is 81.5 cm³/mol. The average molecular weight is 335 g/mol. The zero-order chi connectivity index (χ0) is 13.9. The molecule has 1 aliphatic rings. The Labute approximate surface area is 126 Å². The molecule has 1 nitrogen and oxygen atoms in total. The van der Waals surface area contributed by atoms with E-state index in [9.17, 15) is 4.39 Å². The molecule has 3 heteroatoms. The SMILES string of the molecule is Fc1cccc(COc2ccc3c(c2)CCCC3)c1Br. The molecule has 0 aliphatic heterocycles. The third-order valence-electron chi connectivity index (χ3n) is 3.75. The van der Waals surface area contributed by atoms with Gasteiger partial charge >= 0.3 is 0 Å². The van der Waals surface area contributed by atoms with E-state index < -0.39 is 0 Å². The Kier molecular flexibility index (Phi) is 4.06. The Morgan fingerprint density at radius 2 is 1.85 bits per heavy atom. The largest absolute Gasteiger partial charge is 0.489 e. The minimum Gasteiger partial charge on any atom is -0.489 e. The number of benzene rings is 2. The fourth-order valence-corrected chi connectivity index (χ4v) is 3.00. The summed E-state index contributed by atoms with van der Waals surface area (Å²) in [6, 6.07) is 11.3. The molecule has 0 spiro atoms. The molecule has 0 amide bonds. The highest BCUT2D eigenvalue weighted by atomic mass is 79.9. The van der Waals surface area contributed by atoms with Gasteiger partial charge in [0.15, 0.2) is 0 Å². The molecule has 0 heterocycles. The summed E-state index contributed by atoms with van der Waals surface area (Å²) < 4.78 is 19.7. The van der Waals surface area contributed by atoms with Crippen molar-refractivity contribution in [3.05, 3.63) is 63.4 Å². The van der Waals surface area contributed by atoms with Gasteiger partial charge in [-0.05, 0) is 70.9 Å².